The molecule has 0 spiro atoms. The summed E-state index contributed by atoms with van der Waals surface area (Å²) in [6.07, 6.45) is 2.18. The Morgan fingerprint density at radius 1 is 1.10 bits per heavy atom. The highest BCUT2D eigenvalue weighted by molar-refractivity contribution is 7.12. The van der Waals surface area contributed by atoms with E-state index in [2.05, 4.69) is 21.7 Å². The molecule has 0 aliphatic rings. The van der Waals surface area contributed by atoms with Crippen LogP contribution in [0.1, 0.15) is 20.8 Å². The average molecular weight is 414 g/mol. The quantitative estimate of drug-likeness (QED) is 0.443. The van der Waals surface area contributed by atoms with Crippen LogP contribution in [0, 0.1) is 11.3 Å². The summed E-state index contributed by atoms with van der Waals surface area (Å²) in [5, 5.41) is 17.6. The maximum atomic E-state index is 13.1. The number of hydrogen-bond donors (Lipinski definition) is 3. The van der Waals surface area contributed by atoms with Crippen LogP contribution in [-0.4, -0.2) is 22.8 Å². The molecule has 0 saturated carbocycles. The number of aromatic amines is 1. The molecule has 0 fully saturated rings. The average Bonchev–Trinajstić information content (AvgIpc) is 3.44. The number of nitrogens with one attached hydrogen (secondary N) is 3. The fraction of sp³-hybridized carbons (Fsp3) is 0.0870. The number of benzene rings is 2. The summed E-state index contributed by atoms with van der Waals surface area (Å²) in [4.78, 5) is 29.4. The van der Waals surface area contributed by atoms with E-state index < -0.39 is 6.04 Å². The van der Waals surface area contributed by atoms with Gasteiger partial charge >= 0.3 is 0 Å². The molecule has 0 bridgehead atoms. The van der Waals surface area contributed by atoms with Crippen molar-refractivity contribution >= 4 is 39.7 Å². The number of carbonyl (C=O) groups is 2. The number of hydrogen-bond acceptors (Lipinski definition) is 4. The lowest BCUT2D eigenvalue weighted by molar-refractivity contribution is -0.118. The first kappa shape index (κ1) is 19.4. The van der Waals surface area contributed by atoms with Gasteiger partial charge in [-0.2, -0.15) is 5.26 Å². The minimum absolute atomic E-state index is 0.296. The Labute approximate surface area is 177 Å². The van der Waals surface area contributed by atoms with Gasteiger partial charge in [0.15, 0.2) is 0 Å². The highest BCUT2D eigenvalue weighted by Gasteiger charge is 2.24. The topological polar surface area (TPSA) is 97.8 Å². The summed E-state index contributed by atoms with van der Waals surface area (Å²) in [6.45, 7) is 0. The van der Waals surface area contributed by atoms with Gasteiger partial charge < -0.3 is 15.6 Å². The van der Waals surface area contributed by atoms with Crippen molar-refractivity contribution in [3.8, 4) is 6.07 Å². The third-order valence-corrected chi connectivity index (χ3v) is 5.59. The zero-order valence-corrected chi connectivity index (χ0v) is 16.7. The second-order valence-electron chi connectivity index (χ2n) is 6.75. The largest absolute Gasteiger partial charge is 0.361 e. The SMILES string of the molecule is N#Cc1cccc(NC(=O)[C@@H](Cc2c[nH]c3ccccc23)NC(=O)c2cccs2)c1. The molecular weight excluding hydrogens is 396 g/mol. The Hall–Kier alpha value is -3.89. The van der Waals surface area contributed by atoms with Gasteiger partial charge in [0.1, 0.15) is 6.04 Å². The molecule has 4 rings (SSSR count). The Balaban J connectivity index is 1.59. The summed E-state index contributed by atoms with van der Waals surface area (Å²) in [5.41, 5.74) is 2.86. The second-order valence-corrected chi connectivity index (χ2v) is 7.70. The van der Waals surface area contributed by atoms with Crippen molar-refractivity contribution < 1.29 is 9.59 Å². The number of fused-ring (bicyclic) bond motifs is 1. The van der Waals surface area contributed by atoms with Crippen LogP contribution in [0.3, 0.4) is 0 Å². The first-order valence-electron chi connectivity index (χ1n) is 9.34. The fourth-order valence-electron chi connectivity index (χ4n) is 3.26. The van der Waals surface area contributed by atoms with Gasteiger partial charge in [0.05, 0.1) is 16.5 Å². The van der Waals surface area contributed by atoms with Crippen molar-refractivity contribution in [2.75, 3.05) is 5.32 Å². The molecule has 7 heteroatoms. The third-order valence-electron chi connectivity index (χ3n) is 4.72. The van der Waals surface area contributed by atoms with E-state index in [4.69, 9.17) is 5.26 Å². The van der Waals surface area contributed by atoms with Gasteiger partial charge in [-0.1, -0.05) is 30.3 Å². The first-order chi connectivity index (χ1) is 14.6. The highest BCUT2D eigenvalue weighted by atomic mass is 32.1. The van der Waals surface area contributed by atoms with E-state index in [-0.39, 0.29) is 11.8 Å². The molecule has 0 aliphatic carbocycles. The monoisotopic (exact) mass is 414 g/mol. The van der Waals surface area contributed by atoms with Crippen LogP contribution in [0.25, 0.3) is 10.9 Å². The predicted octanol–water partition coefficient (Wildman–Crippen LogP) is 4.08. The van der Waals surface area contributed by atoms with Crippen LogP contribution >= 0.6 is 11.3 Å². The minimum atomic E-state index is -0.787. The van der Waals surface area contributed by atoms with Crippen molar-refractivity contribution in [3.63, 3.8) is 0 Å². The van der Waals surface area contributed by atoms with Crippen molar-refractivity contribution in [1.82, 2.24) is 10.3 Å². The van der Waals surface area contributed by atoms with Crippen LogP contribution in [0.2, 0.25) is 0 Å². The number of nitrogens with zero attached hydrogens (tertiary/aromatic N) is 1. The number of carbonyl (C=O) groups excluding carboxylic acids is 2. The Bertz CT molecular complexity index is 1240. The lowest BCUT2D eigenvalue weighted by Crippen LogP contribution is -2.45. The molecule has 1 atom stereocenters. The Kier molecular flexibility index (Phi) is 5.59. The molecule has 30 heavy (non-hydrogen) atoms. The number of nitriles is 1. The molecule has 4 aromatic rings. The third kappa shape index (κ3) is 4.24. The maximum absolute atomic E-state index is 13.1. The molecule has 3 N–H and O–H groups in total. The number of anilines is 1. The molecule has 6 nitrogen and oxygen atoms in total. The van der Waals surface area contributed by atoms with E-state index in [9.17, 15) is 9.59 Å². The van der Waals surface area contributed by atoms with Crippen molar-refractivity contribution in [3.05, 3.63) is 88.2 Å². The lowest BCUT2D eigenvalue weighted by Gasteiger charge is -2.18. The standard InChI is InChI=1S/C23H18N4O2S/c24-13-15-5-3-6-17(11-15)26-22(28)20(27-23(29)21-9-4-10-30-21)12-16-14-25-19-8-2-1-7-18(16)19/h1-11,14,20,25H,12H2,(H,26,28)(H,27,29)/t20-/m1/s1. The first-order valence-corrected chi connectivity index (χ1v) is 10.2. The summed E-state index contributed by atoms with van der Waals surface area (Å²) < 4.78 is 0. The fourth-order valence-corrected chi connectivity index (χ4v) is 3.89. The van der Waals surface area contributed by atoms with Crippen molar-refractivity contribution in [2.45, 2.75) is 12.5 Å². The van der Waals surface area contributed by atoms with E-state index in [1.165, 1.54) is 11.3 Å². The Morgan fingerprint density at radius 3 is 2.77 bits per heavy atom. The van der Waals surface area contributed by atoms with E-state index in [1.807, 2.05) is 35.8 Å². The van der Waals surface area contributed by atoms with Crippen LogP contribution in [0.4, 0.5) is 5.69 Å². The van der Waals surface area contributed by atoms with Crippen LogP contribution in [0.15, 0.2) is 72.2 Å². The second kappa shape index (κ2) is 8.64. The zero-order chi connectivity index (χ0) is 20.9. The summed E-state index contributed by atoms with van der Waals surface area (Å²) >= 11 is 1.32. The van der Waals surface area contributed by atoms with E-state index in [0.717, 1.165) is 16.5 Å². The zero-order valence-electron chi connectivity index (χ0n) is 15.9. The number of rotatable bonds is 6. The van der Waals surface area contributed by atoms with E-state index in [1.54, 1.807) is 36.4 Å². The summed E-state index contributed by atoms with van der Waals surface area (Å²) in [6, 6.07) is 19.3. The molecule has 148 valence electrons. The molecule has 0 radical (unpaired) electrons. The smallest absolute Gasteiger partial charge is 0.262 e. The van der Waals surface area contributed by atoms with Gasteiger partial charge in [0, 0.05) is 29.2 Å². The molecule has 0 saturated heterocycles. The predicted molar refractivity (Wildman–Crippen MR) is 117 cm³/mol. The van der Waals surface area contributed by atoms with Crippen molar-refractivity contribution in [2.24, 2.45) is 0 Å². The Morgan fingerprint density at radius 2 is 1.97 bits per heavy atom. The maximum Gasteiger partial charge on any atom is 0.262 e. The van der Waals surface area contributed by atoms with Gasteiger partial charge in [-0.3, -0.25) is 9.59 Å². The number of para-hydroxylation sites is 1. The molecule has 2 aromatic heterocycles. The number of thiophene rings is 1. The number of amides is 2. The van der Waals surface area contributed by atoms with E-state index in [0.29, 0.717) is 22.5 Å². The van der Waals surface area contributed by atoms with Crippen LogP contribution in [-0.2, 0) is 11.2 Å². The van der Waals surface area contributed by atoms with Crippen molar-refractivity contribution in [1.29, 1.82) is 5.26 Å². The van der Waals surface area contributed by atoms with Gasteiger partial charge in [-0.15, -0.1) is 11.3 Å². The van der Waals surface area contributed by atoms with Gasteiger partial charge in [-0.05, 0) is 41.3 Å². The summed E-state index contributed by atoms with van der Waals surface area (Å²) in [7, 11) is 0. The minimum Gasteiger partial charge on any atom is -0.361 e. The highest BCUT2D eigenvalue weighted by Crippen LogP contribution is 2.20. The molecule has 2 aromatic carbocycles. The van der Waals surface area contributed by atoms with Crippen LogP contribution in [0.5, 0.6) is 0 Å². The summed E-state index contributed by atoms with van der Waals surface area (Å²) in [5.74, 6) is -0.643. The van der Waals surface area contributed by atoms with Gasteiger partial charge in [-0.25, -0.2) is 0 Å². The molecular formula is C23H18N4O2S. The lowest BCUT2D eigenvalue weighted by atomic mass is 10.0. The van der Waals surface area contributed by atoms with Crippen LogP contribution < -0.4 is 10.6 Å². The van der Waals surface area contributed by atoms with Gasteiger partial charge in [0.2, 0.25) is 5.91 Å². The molecule has 0 unspecified atom stereocenters. The normalized spacial score (nSPS) is 11.6. The van der Waals surface area contributed by atoms with E-state index >= 15 is 0 Å². The molecule has 2 amide bonds. The number of H-pyrrole nitrogens is 1. The molecule has 0 aliphatic heterocycles. The molecule has 2 heterocycles. The number of aromatic nitrogens is 1. The van der Waals surface area contributed by atoms with Gasteiger partial charge in [0.25, 0.3) is 5.91 Å².